The fourth-order valence-corrected chi connectivity index (χ4v) is 3.62. The van der Waals surface area contributed by atoms with Crippen molar-refractivity contribution in [3.8, 4) is 0 Å². The monoisotopic (exact) mass is 339 g/mol. The molecule has 1 unspecified atom stereocenters. The molecule has 3 rings (SSSR count). The van der Waals surface area contributed by atoms with Gasteiger partial charge in [0.15, 0.2) is 5.96 Å². The third kappa shape index (κ3) is 3.81. The van der Waals surface area contributed by atoms with Crippen molar-refractivity contribution in [2.24, 2.45) is 12.0 Å². The van der Waals surface area contributed by atoms with Gasteiger partial charge in [0.25, 0.3) is 0 Å². The van der Waals surface area contributed by atoms with Gasteiger partial charge in [-0.15, -0.1) is 0 Å². The second kappa shape index (κ2) is 7.64. The predicted molar refractivity (Wildman–Crippen MR) is 105 cm³/mol. The summed E-state index contributed by atoms with van der Waals surface area (Å²) in [6.07, 6.45) is 3.21. The number of hydrogen-bond acceptors (Lipinski definition) is 2. The van der Waals surface area contributed by atoms with Gasteiger partial charge in [-0.25, -0.2) is 0 Å². The van der Waals surface area contributed by atoms with Gasteiger partial charge in [-0.1, -0.05) is 18.2 Å². The van der Waals surface area contributed by atoms with Crippen LogP contribution in [0.25, 0.3) is 0 Å². The molecule has 2 aromatic rings. The summed E-state index contributed by atoms with van der Waals surface area (Å²) in [4.78, 5) is 9.09. The van der Waals surface area contributed by atoms with Gasteiger partial charge in [-0.2, -0.15) is 0 Å². The highest BCUT2D eigenvalue weighted by Gasteiger charge is 2.24. The Kier molecular flexibility index (Phi) is 5.31. The standard InChI is InChI=1S/C20H29N5/c1-16-14-17-8-5-6-10-19(17)25(16)13-11-22-20(21-2)24(4)15-18-9-7-12-23(18)3/h5-10,12,16H,11,13-15H2,1-4H3,(H,21,22). The van der Waals surface area contributed by atoms with E-state index in [0.717, 1.165) is 32.0 Å². The van der Waals surface area contributed by atoms with Crippen molar-refractivity contribution in [2.45, 2.75) is 25.9 Å². The molecule has 25 heavy (non-hydrogen) atoms. The average Bonchev–Trinajstić information content (AvgIpc) is 3.14. The molecule has 1 N–H and O–H groups in total. The highest BCUT2D eigenvalue weighted by Crippen LogP contribution is 2.31. The summed E-state index contributed by atoms with van der Waals surface area (Å²) in [6.45, 7) is 5.00. The van der Waals surface area contributed by atoms with Gasteiger partial charge in [0, 0.05) is 57.9 Å². The number of benzene rings is 1. The fourth-order valence-electron chi connectivity index (χ4n) is 3.62. The van der Waals surface area contributed by atoms with Crippen LogP contribution in [0.2, 0.25) is 0 Å². The number of nitrogens with zero attached hydrogens (tertiary/aromatic N) is 4. The second-order valence-electron chi connectivity index (χ2n) is 6.82. The second-order valence-corrected chi connectivity index (χ2v) is 6.82. The van der Waals surface area contributed by atoms with E-state index in [2.05, 4.69) is 88.3 Å². The first kappa shape index (κ1) is 17.4. The summed E-state index contributed by atoms with van der Waals surface area (Å²) in [7, 11) is 6.00. The number of aryl methyl sites for hydroxylation is 1. The van der Waals surface area contributed by atoms with Gasteiger partial charge in [0.05, 0.1) is 6.54 Å². The molecule has 134 valence electrons. The first-order valence-corrected chi connectivity index (χ1v) is 8.96. The van der Waals surface area contributed by atoms with Crippen LogP contribution in [0.4, 0.5) is 5.69 Å². The number of fused-ring (bicyclic) bond motifs is 1. The molecule has 1 aliphatic rings. The number of hydrogen-bond donors (Lipinski definition) is 1. The van der Waals surface area contributed by atoms with Crippen LogP contribution in [0.1, 0.15) is 18.2 Å². The van der Waals surface area contributed by atoms with E-state index in [4.69, 9.17) is 0 Å². The van der Waals surface area contributed by atoms with Crippen LogP contribution in [0.3, 0.4) is 0 Å². The topological polar surface area (TPSA) is 35.8 Å². The van der Waals surface area contributed by atoms with Gasteiger partial charge >= 0.3 is 0 Å². The molecule has 0 aliphatic carbocycles. The summed E-state index contributed by atoms with van der Waals surface area (Å²) >= 11 is 0. The number of guanidine groups is 1. The number of nitrogens with one attached hydrogen (secondary N) is 1. The Labute approximate surface area is 151 Å². The van der Waals surface area contributed by atoms with Crippen LogP contribution >= 0.6 is 0 Å². The Morgan fingerprint density at radius 3 is 2.80 bits per heavy atom. The molecule has 0 saturated carbocycles. The average molecular weight is 339 g/mol. The van der Waals surface area contributed by atoms with Crippen molar-refractivity contribution < 1.29 is 0 Å². The normalized spacial score (nSPS) is 16.9. The van der Waals surface area contributed by atoms with Crippen molar-refractivity contribution in [3.63, 3.8) is 0 Å². The number of anilines is 1. The van der Waals surface area contributed by atoms with E-state index in [1.807, 2.05) is 7.05 Å². The molecule has 5 nitrogen and oxygen atoms in total. The predicted octanol–water partition coefficient (Wildman–Crippen LogP) is 2.48. The molecule has 2 heterocycles. The molecule has 0 saturated heterocycles. The van der Waals surface area contributed by atoms with Crippen molar-refractivity contribution in [1.82, 2.24) is 14.8 Å². The van der Waals surface area contributed by atoms with Gasteiger partial charge in [0.1, 0.15) is 0 Å². The van der Waals surface area contributed by atoms with E-state index in [1.165, 1.54) is 16.9 Å². The lowest BCUT2D eigenvalue weighted by Gasteiger charge is -2.27. The SMILES string of the molecule is CN=C(NCCN1c2ccccc2CC1C)N(C)Cc1cccn1C. The molecule has 0 fully saturated rings. The molecule has 1 aliphatic heterocycles. The molecular formula is C20H29N5. The van der Waals surface area contributed by atoms with E-state index in [-0.39, 0.29) is 0 Å². The minimum atomic E-state index is 0.558. The molecule has 5 heteroatoms. The summed E-state index contributed by atoms with van der Waals surface area (Å²) in [5, 5.41) is 3.50. The van der Waals surface area contributed by atoms with E-state index >= 15 is 0 Å². The Balaban J connectivity index is 1.54. The molecule has 0 bridgehead atoms. The Morgan fingerprint density at radius 1 is 1.28 bits per heavy atom. The summed E-state index contributed by atoms with van der Waals surface area (Å²) in [5.41, 5.74) is 4.11. The smallest absolute Gasteiger partial charge is 0.193 e. The Hall–Kier alpha value is -2.43. The number of aromatic nitrogens is 1. The van der Waals surface area contributed by atoms with Gasteiger partial charge in [-0.3, -0.25) is 4.99 Å². The third-order valence-electron chi connectivity index (χ3n) is 5.01. The maximum absolute atomic E-state index is 4.43. The lowest BCUT2D eigenvalue weighted by molar-refractivity contribution is 0.461. The minimum Gasteiger partial charge on any atom is -0.367 e. The van der Waals surface area contributed by atoms with Gasteiger partial charge in [-0.05, 0) is 37.1 Å². The first-order chi connectivity index (χ1) is 12.1. The molecule has 0 amide bonds. The van der Waals surface area contributed by atoms with Crippen LogP contribution in [-0.4, -0.2) is 48.7 Å². The van der Waals surface area contributed by atoms with Crippen molar-refractivity contribution in [1.29, 1.82) is 0 Å². The molecular weight excluding hydrogens is 310 g/mol. The first-order valence-electron chi connectivity index (χ1n) is 8.96. The number of para-hydroxylation sites is 1. The summed E-state index contributed by atoms with van der Waals surface area (Å²) < 4.78 is 2.15. The van der Waals surface area contributed by atoms with Crippen molar-refractivity contribution in [3.05, 3.63) is 53.9 Å². The van der Waals surface area contributed by atoms with E-state index in [0.29, 0.717) is 6.04 Å². The van der Waals surface area contributed by atoms with Crippen LogP contribution in [-0.2, 0) is 20.0 Å². The largest absolute Gasteiger partial charge is 0.367 e. The highest BCUT2D eigenvalue weighted by molar-refractivity contribution is 5.79. The fraction of sp³-hybridized carbons (Fsp3) is 0.450. The lowest BCUT2D eigenvalue weighted by atomic mass is 10.1. The zero-order valence-electron chi connectivity index (χ0n) is 15.7. The van der Waals surface area contributed by atoms with Crippen LogP contribution in [0.15, 0.2) is 47.6 Å². The zero-order valence-corrected chi connectivity index (χ0v) is 15.7. The molecule has 1 aromatic heterocycles. The van der Waals surface area contributed by atoms with Crippen molar-refractivity contribution >= 4 is 11.6 Å². The van der Waals surface area contributed by atoms with Gasteiger partial charge < -0.3 is 19.7 Å². The van der Waals surface area contributed by atoms with Crippen LogP contribution in [0, 0.1) is 0 Å². The Bertz CT molecular complexity index is 733. The highest BCUT2D eigenvalue weighted by atomic mass is 15.3. The molecule has 1 atom stereocenters. The maximum Gasteiger partial charge on any atom is 0.193 e. The van der Waals surface area contributed by atoms with Crippen molar-refractivity contribution in [2.75, 3.05) is 32.1 Å². The zero-order chi connectivity index (χ0) is 17.8. The molecule has 1 aromatic carbocycles. The molecule has 0 spiro atoms. The van der Waals surface area contributed by atoms with E-state index in [1.54, 1.807) is 0 Å². The third-order valence-corrected chi connectivity index (χ3v) is 5.01. The van der Waals surface area contributed by atoms with E-state index in [9.17, 15) is 0 Å². The number of aliphatic imine (C=N–C) groups is 1. The quantitative estimate of drug-likeness (QED) is 0.671. The van der Waals surface area contributed by atoms with Crippen LogP contribution in [0.5, 0.6) is 0 Å². The lowest BCUT2D eigenvalue weighted by Crippen LogP contribution is -2.43. The van der Waals surface area contributed by atoms with Gasteiger partial charge in [0.2, 0.25) is 0 Å². The minimum absolute atomic E-state index is 0.558. The summed E-state index contributed by atoms with van der Waals surface area (Å²) in [5.74, 6) is 0.932. The van der Waals surface area contributed by atoms with Crippen LogP contribution < -0.4 is 10.2 Å². The summed E-state index contributed by atoms with van der Waals surface area (Å²) in [6, 6.07) is 13.5. The number of rotatable bonds is 5. The molecule has 0 radical (unpaired) electrons. The Morgan fingerprint density at radius 2 is 2.08 bits per heavy atom. The maximum atomic E-state index is 4.43. The van der Waals surface area contributed by atoms with E-state index < -0.39 is 0 Å².